The third-order valence-corrected chi connectivity index (χ3v) is 6.10. The van der Waals surface area contributed by atoms with Gasteiger partial charge in [-0.25, -0.2) is 14.6 Å². The van der Waals surface area contributed by atoms with Gasteiger partial charge >= 0.3 is 0 Å². The highest BCUT2D eigenvalue weighted by Gasteiger charge is 2.39. The van der Waals surface area contributed by atoms with Crippen molar-refractivity contribution in [3.05, 3.63) is 12.0 Å². The topological polar surface area (TPSA) is 104 Å². The molecule has 2 aromatic rings. The molecule has 4 heterocycles. The van der Waals surface area contributed by atoms with Crippen molar-refractivity contribution in [3.63, 3.8) is 0 Å². The second-order valence-electron chi connectivity index (χ2n) is 8.89. The summed E-state index contributed by atoms with van der Waals surface area (Å²) in [5.74, 6) is 1.60. The minimum absolute atomic E-state index is 0.170. The SMILES string of the molecule is CCCCn1nc(CC(C)C)c2c(N3[C@@H]4CCC[C@H]3CC(O)C4)ncnc21.O=CO. The Balaban J connectivity index is 0.000000806. The molecule has 0 aromatic carbocycles. The zero-order valence-corrected chi connectivity index (χ0v) is 18.4. The van der Waals surface area contributed by atoms with E-state index in [0.717, 1.165) is 74.0 Å². The molecule has 30 heavy (non-hydrogen) atoms. The number of nitrogens with zero attached hydrogens (tertiary/aromatic N) is 5. The third-order valence-electron chi connectivity index (χ3n) is 6.10. The number of piperidine rings is 2. The highest BCUT2D eigenvalue weighted by atomic mass is 16.3. The first-order chi connectivity index (χ1) is 14.5. The summed E-state index contributed by atoms with van der Waals surface area (Å²) in [7, 11) is 0. The number of hydrogen-bond acceptors (Lipinski definition) is 6. The molecule has 4 rings (SSSR count). The van der Waals surface area contributed by atoms with Crippen molar-refractivity contribution < 1.29 is 15.0 Å². The van der Waals surface area contributed by atoms with Crippen LogP contribution < -0.4 is 4.90 Å². The lowest BCUT2D eigenvalue weighted by atomic mass is 9.83. The van der Waals surface area contributed by atoms with Gasteiger partial charge in [-0.15, -0.1) is 0 Å². The van der Waals surface area contributed by atoms with E-state index in [1.165, 1.54) is 6.42 Å². The van der Waals surface area contributed by atoms with E-state index in [2.05, 4.69) is 35.3 Å². The van der Waals surface area contributed by atoms with E-state index in [9.17, 15) is 5.11 Å². The van der Waals surface area contributed by atoms with Gasteiger partial charge in [-0.2, -0.15) is 5.10 Å². The van der Waals surface area contributed by atoms with Gasteiger partial charge in [-0.3, -0.25) is 4.79 Å². The van der Waals surface area contributed by atoms with E-state index in [-0.39, 0.29) is 12.6 Å². The first-order valence-electron chi connectivity index (χ1n) is 11.2. The maximum absolute atomic E-state index is 10.3. The van der Waals surface area contributed by atoms with Crippen LogP contribution in [0.2, 0.25) is 0 Å². The average Bonchev–Trinajstić information content (AvgIpc) is 3.03. The van der Waals surface area contributed by atoms with Gasteiger partial charge < -0.3 is 15.1 Å². The lowest BCUT2D eigenvalue weighted by molar-refractivity contribution is -0.122. The second-order valence-corrected chi connectivity index (χ2v) is 8.89. The van der Waals surface area contributed by atoms with E-state index in [4.69, 9.17) is 20.0 Å². The fourth-order valence-corrected chi connectivity index (χ4v) is 4.95. The molecule has 2 fully saturated rings. The molecule has 3 atom stereocenters. The Morgan fingerprint density at radius 2 is 1.90 bits per heavy atom. The highest BCUT2D eigenvalue weighted by molar-refractivity contribution is 5.90. The molecule has 1 unspecified atom stereocenters. The van der Waals surface area contributed by atoms with Crippen LogP contribution in [0.3, 0.4) is 0 Å². The first kappa shape index (κ1) is 22.5. The van der Waals surface area contributed by atoms with Gasteiger partial charge in [-0.1, -0.05) is 27.2 Å². The summed E-state index contributed by atoms with van der Waals surface area (Å²) in [4.78, 5) is 20.3. The predicted molar refractivity (Wildman–Crippen MR) is 117 cm³/mol. The number of unbranched alkanes of at least 4 members (excludes halogenated alkanes) is 1. The second kappa shape index (κ2) is 10.2. The Morgan fingerprint density at radius 1 is 1.23 bits per heavy atom. The van der Waals surface area contributed by atoms with Crippen LogP contribution in [0.5, 0.6) is 0 Å². The summed E-state index contributed by atoms with van der Waals surface area (Å²) in [5.41, 5.74) is 2.11. The van der Waals surface area contributed by atoms with Crippen molar-refractivity contribution in [2.45, 2.75) is 96.9 Å². The minimum Gasteiger partial charge on any atom is -0.483 e. The highest BCUT2D eigenvalue weighted by Crippen LogP contribution is 2.40. The van der Waals surface area contributed by atoms with Crippen LogP contribution in [0.4, 0.5) is 5.82 Å². The molecule has 0 spiro atoms. The van der Waals surface area contributed by atoms with Crippen LogP contribution in [0.1, 0.15) is 71.4 Å². The quantitative estimate of drug-likeness (QED) is 0.694. The summed E-state index contributed by atoms with van der Waals surface area (Å²) in [6, 6.07) is 0.771. The van der Waals surface area contributed by atoms with Gasteiger partial charge in [0, 0.05) is 18.6 Å². The molecule has 8 heteroatoms. The molecule has 2 bridgehead atoms. The number of anilines is 1. The Hall–Kier alpha value is -2.22. The molecule has 2 aliphatic heterocycles. The molecule has 0 radical (unpaired) electrons. The number of fused-ring (bicyclic) bond motifs is 3. The fraction of sp³-hybridized carbons (Fsp3) is 0.727. The van der Waals surface area contributed by atoms with Crippen molar-refractivity contribution in [2.75, 3.05) is 4.90 Å². The van der Waals surface area contributed by atoms with Crippen LogP contribution >= 0.6 is 0 Å². The Bertz CT molecular complexity index is 824. The largest absolute Gasteiger partial charge is 0.483 e. The van der Waals surface area contributed by atoms with Gasteiger partial charge in [0.25, 0.3) is 6.47 Å². The number of aliphatic hydroxyl groups excluding tert-OH is 1. The maximum Gasteiger partial charge on any atom is 0.290 e. The Morgan fingerprint density at radius 3 is 2.50 bits per heavy atom. The molecule has 2 saturated heterocycles. The molecule has 0 amide bonds. The van der Waals surface area contributed by atoms with Crippen LogP contribution in [0.15, 0.2) is 6.33 Å². The van der Waals surface area contributed by atoms with E-state index in [1.807, 2.05) is 0 Å². The number of carbonyl (C=O) groups is 1. The number of carboxylic acid groups (broad SMARTS) is 1. The zero-order valence-electron chi connectivity index (χ0n) is 18.4. The Kier molecular flexibility index (Phi) is 7.64. The van der Waals surface area contributed by atoms with E-state index >= 15 is 0 Å². The number of aliphatic hydroxyl groups is 1. The molecule has 2 aliphatic rings. The molecule has 0 aliphatic carbocycles. The van der Waals surface area contributed by atoms with Gasteiger partial charge in [0.15, 0.2) is 5.65 Å². The molecular formula is C22H35N5O3. The van der Waals surface area contributed by atoms with Crippen LogP contribution in [-0.4, -0.2) is 54.6 Å². The van der Waals surface area contributed by atoms with Crippen LogP contribution in [0, 0.1) is 5.92 Å². The number of rotatable bonds is 6. The number of aryl methyl sites for hydroxylation is 1. The third kappa shape index (κ3) is 4.74. The summed E-state index contributed by atoms with van der Waals surface area (Å²) >= 11 is 0. The Labute approximate surface area is 178 Å². The zero-order chi connectivity index (χ0) is 21.7. The first-order valence-corrected chi connectivity index (χ1v) is 11.2. The van der Waals surface area contributed by atoms with Crippen LogP contribution in [-0.2, 0) is 17.8 Å². The fourth-order valence-electron chi connectivity index (χ4n) is 4.95. The molecule has 0 saturated carbocycles. The van der Waals surface area contributed by atoms with Gasteiger partial charge in [0.2, 0.25) is 0 Å². The minimum atomic E-state index is -0.250. The summed E-state index contributed by atoms with van der Waals surface area (Å²) in [6.45, 7) is 7.35. The van der Waals surface area contributed by atoms with Crippen molar-refractivity contribution in [1.29, 1.82) is 0 Å². The van der Waals surface area contributed by atoms with Crippen molar-refractivity contribution in [3.8, 4) is 0 Å². The van der Waals surface area contributed by atoms with E-state index < -0.39 is 0 Å². The van der Waals surface area contributed by atoms with Crippen molar-refractivity contribution in [1.82, 2.24) is 19.7 Å². The van der Waals surface area contributed by atoms with Gasteiger partial charge in [0.1, 0.15) is 12.1 Å². The van der Waals surface area contributed by atoms with Gasteiger partial charge in [0.05, 0.1) is 17.2 Å². The normalized spacial score (nSPS) is 23.4. The standard InChI is InChI=1S/C21H33N5O.CH2O2/c1-4-5-9-25-20-19(18(24-25)10-14(2)3)21(23-13-22-20)26-15-7-6-8-16(26)12-17(27)11-15;2-1-3/h13-17,27H,4-12H2,1-3H3;1H,(H,2,3)/t15-,16+,17?;. The van der Waals surface area contributed by atoms with E-state index in [0.29, 0.717) is 18.0 Å². The summed E-state index contributed by atoms with van der Waals surface area (Å²) in [5, 5.41) is 23.3. The number of hydrogen-bond donors (Lipinski definition) is 2. The van der Waals surface area contributed by atoms with Crippen molar-refractivity contribution in [2.24, 2.45) is 5.92 Å². The van der Waals surface area contributed by atoms with E-state index in [1.54, 1.807) is 6.33 Å². The molecule has 2 N–H and O–H groups in total. The molecular weight excluding hydrogens is 382 g/mol. The lowest BCUT2D eigenvalue weighted by Crippen LogP contribution is -2.54. The summed E-state index contributed by atoms with van der Waals surface area (Å²) < 4.78 is 2.09. The number of aromatic nitrogens is 4. The summed E-state index contributed by atoms with van der Waals surface area (Å²) in [6.07, 6.45) is 9.98. The van der Waals surface area contributed by atoms with Crippen LogP contribution in [0.25, 0.3) is 11.0 Å². The average molecular weight is 418 g/mol. The smallest absolute Gasteiger partial charge is 0.290 e. The monoisotopic (exact) mass is 417 g/mol. The lowest BCUT2D eigenvalue weighted by Gasteiger charge is -2.48. The molecule has 8 nitrogen and oxygen atoms in total. The molecule has 2 aromatic heterocycles. The maximum atomic E-state index is 10.3. The molecule has 166 valence electrons. The van der Waals surface area contributed by atoms with Gasteiger partial charge in [-0.05, 0) is 50.9 Å². The van der Waals surface area contributed by atoms with Crippen molar-refractivity contribution >= 4 is 23.3 Å². The predicted octanol–water partition coefficient (Wildman–Crippen LogP) is 3.41.